The van der Waals surface area contributed by atoms with Crippen LogP contribution in [0.25, 0.3) is 0 Å². The van der Waals surface area contributed by atoms with Crippen LogP contribution in [-0.2, 0) is 38.3 Å². The Bertz CT molecular complexity index is 1630. The van der Waals surface area contributed by atoms with E-state index in [1.807, 2.05) is 18.2 Å². The van der Waals surface area contributed by atoms with Crippen molar-refractivity contribution in [2.45, 2.75) is 107 Å². The zero-order valence-corrected chi connectivity index (χ0v) is 30.0. The summed E-state index contributed by atoms with van der Waals surface area (Å²) in [5.74, 6) is -3.12. The Kier molecular flexibility index (Phi) is 11.9. The number of allylic oxidation sites excluding steroid dienone is 1. The van der Waals surface area contributed by atoms with Crippen LogP contribution in [0.2, 0.25) is 0 Å². The Morgan fingerprint density at radius 1 is 1.02 bits per heavy atom. The van der Waals surface area contributed by atoms with E-state index >= 15 is 0 Å². The van der Waals surface area contributed by atoms with Gasteiger partial charge >= 0.3 is 6.18 Å². The summed E-state index contributed by atoms with van der Waals surface area (Å²) in [4.78, 5) is 28.2. The molecule has 0 bridgehead atoms. The molecule has 1 spiro atoms. The Balaban J connectivity index is 1.15. The minimum atomic E-state index is -5.04. The van der Waals surface area contributed by atoms with Crippen LogP contribution in [-0.4, -0.2) is 60.4 Å². The van der Waals surface area contributed by atoms with Gasteiger partial charge in [0, 0.05) is 42.6 Å². The maximum Gasteiger partial charge on any atom is 0.418 e. The first kappa shape index (κ1) is 39.2. The van der Waals surface area contributed by atoms with E-state index in [9.17, 15) is 36.6 Å². The van der Waals surface area contributed by atoms with Gasteiger partial charge in [0.1, 0.15) is 6.10 Å². The maximum absolute atomic E-state index is 14.8. The summed E-state index contributed by atoms with van der Waals surface area (Å²) in [6.07, 6.45) is 0.0106. The maximum atomic E-state index is 14.8. The number of nitrogens with two attached hydrogens (primary N) is 1. The van der Waals surface area contributed by atoms with Crippen molar-refractivity contribution in [3.05, 3.63) is 71.3 Å². The van der Waals surface area contributed by atoms with Gasteiger partial charge in [-0.1, -0.05) is 24.8 Å². The molecule has 0 aromatic heterocycles. The predicted octanol–water partition coefficient (Wildman–Crippen LogP) is 7.30. The summed E-state index contributed by atoms with van der Waals surface area (Å²) in [7, 11) is 0. The fourth-order valence-corrected chi connectivity index (χ4v) is 9.22. The molecule has 3 fully saturated rings. The molecule has 4 aliphatic rings. The average molecular weight is 747 g/mol. The summed E-state index contributed by atoms with van der Waals surface area (Å²) in [5, 5.41) is 17.5. The smallest absolute Gasteiger partial charge is 0.398 e. The SMILES string of the molecule is C=CC(F)(F)c1cc(C[C@@H](OC(O)CCC2CCC3(CC2)CC(=O)Nc2ccccc23)C(=O)N2CCC(C3CCNCC3)CC2)cc(C(F)(F)F)c1N. The molecule has 2 saturated heterocycles. The summed E-state index contributed by atoms with van der Waals surface area (Å²) in [5.41, 5.74) is 3.57. The lowest BCUT2D eigenvalue weighted by molar-refractivity contribution is -0.172. The van der Waals surface area contributed by atoms with Crippen LogP contribution in [0.15, 0.2) is 49.1 Å². The Hall–Kier alpha value is -3.55. The molecule has 53 heavy (non-hydrogen) atoms. The Labute approximate surface area is 307 Å². The van der Waals surface area contributed by atoms with Crippen molar-refractivity contribution in [2.24, 2.45) is 17.8 Å². The first-order valence-corrected chi connectivity index (χ1v) is 18.9. The number of rotatable bonds is 11. The van der Waals surface area contributed by atoms with Gasteiger partial charge in [0.25, 0.3) is 11.8 Å². The fraction of sp³-hybridized carbons (Fsp3) is 0.600. The molecule has 5 N–H and O–H groups in total. The first-order valence-electron chi connectivity index (χ1n) is 18.9. The zero-order valence-electron chi connectivity index (χ0n) is 30.0. The third-order valence-electron chi connectivity index (χ3n) is 12.2. The van der Waals surface area contributed by atoms with Gasteiger partial charge in [-0.3, -0.25) is 9.59 Å². The number of amides is 2. The fourth-order valence-electron chi connectivity index (χ4n) is 9.22. The normalized spacial score (nSPS) is 24.4. The molecule has 8 nitrogen and oxygen atoms in total. The highest BCUT2D eigenvalue weighted by Gasteiger charge is 2.43. The summed E-state index contributed by atoms with van der Waals surface area (Å²) >= 11 is 0. The monoisotopic (exact) mass is 746 g/mol. The molecule has 13 heteroatoms. The van der Waals surface area contributed by atoms with Gasteiger partial charge in [-0.05, 0) is 130 Å². The summed E-state index contributed by atoms with van der Waals surface area (Å²) in [6, 6.07) is 9.42. The molecule has 2 aromatic rings. The minimum Gasteiger partial charge on any atom is -0.398 e. The number of alkyl halides is 5. The highest BCUT2D eigenvalue weighted by atomic mass is 19.4. The van der Waals surface area contributed by atoms with Crippen LogP contribution in [0.4, 0.5) is 33.3 Å². The number of piperidine rings is 2. The lowest BCUT2D eigenvalue weighted by Crippen LogP contribution is -2.48. The highest BCUT2D eigenvalue weighted by molar-refractivity contribution is 5.95. The lowest BCUT2D eigenvalue weighted by Gasteiger charge is -2.44. The van der Waals surface area contributed by atoms with Crippen molar-refractivity contribution in [1.82, 2.24) is 10.2 Å². The Morgan fingerprint density at radius 3 is 2.32 bits per heavy atom. The van der Waals surface area contributed by atoms with E-state index < -0.39 is 53.6 Å². The van der Waals surface area contributed by atoms with Gasteiger partial charge in [0.05, 0.1) is 11.3 Å². The number of carbonyl (C=O) groups is 2. The summed E-state index contributed by atoms with van der Waals surface area (Å²) < 4.78 is 77.8. The second-order valence-electron chi connectivity index (χ2n) is 15.5. The van der Waals surface area contributed by atoms with Crippen molar-refractivity contribution in [3.8, 4) is 0 Å². The van der Waals surface area contributed by atoms with Crippen LogP contribution < -0.4 is 16.4 Å². The molecule has 1 aliphatic carbocycles. The number of hydrogen-bond donors (Lipinski definition) is 4. The summed E-state index contributed by atoms with van der Waals surface area (Å²) in [6.45, 7) is 5.85. The van der Waals surface area contributed by atoms with Gasteiger partial charge in [0.15, 0.2) is 6.29 Å². The van der Waals surface area contributed by atoms with Gasteiger partial charge in [-0.2, -0.15) is 22.0 Å². The molecular formula is C40H51F5N4O4. The molecule has 1 unspecified atom stereocenters. The Morgan fingerprint density at radius 2 is 1.66 bits per heavy atom. The molecule has 1 saturated carbocycles. The standard InChI is InChI=1S/C40H51F5N4O4/c1-2-39(41,42)30-21-26(22-31(36(30)46)40(43,44)45)23-33(37(52)49-19-13-28(14-20-49)27-11-17-47-18-12-27)53-35(51)8-7-25-9-15-38(16-10-25)24-34(50)48-32-6-4-3-5-29(32)38/h2-6,21-22,25,27-28,33,35,47,51H,1,7-20,23-24,46H2,(H,48,50)/t25?,33-,35?,38?/m1/s1. The number of likely N-dealkylation sites (tertiary alicyclic amines) is 1. The number of nitrogen functional groups attached to an aromatic ring is 1. The number of anilines is 2. The van der Waals surface area contributed by atoms with Crippen molar-refractivity contribution in [3.63, 3.8) is 0 Å². The first-order chi connectivity index (χ1) is 25.2. The third kappa shape index (κ3) is 8.89. The molecule has 2 aromatic carbocycles. The van der Waals surface area contributed by atoms with E-state index in [1.165, 1.54) is 0 Å². The van der Waals surface area contributed by atoms with E-state index in [1.54, 1.807) is 4.90 Å². The van der Waals surface area contributed by atoms with Crippen molar-refractivity contribution >= 4 is 23.2 Å². The number of para-hydroxylation sites is 1. The number of benzene rings is 2. The number of ether oxygens (including phenoxy) is 1. The van der Waals surface area contributed by atoms with E-state index in [4.69, 9.17) is 10.5 Å². The predicted molar refractivity (Wildman–Crippen MR) is 192 cm³/mol. The number of fused-ring (bicyclic) bond motifs is 2. The van der Waals surface area contributed by atoms with Gasteiger partial charge in [-0.25, -0.2) is 0 Å². The van der Waals surface area contributed by atoms with E-state index in [2.05, 4.69) is 23.3 Å². The van der Waals surface area contributed by atoms with Gasteiger partial charge in [-0.15, -0.1) is 0 Å². The quantitative estimate of drug-likeness (QED) is 0.0831. The zero-order chi connectivity index (χ0) is 38.0. The number of nitrogens with zero attached hydrogens (tertiary/aromatic N) is 1. The molecule has 0 radical (unpaired) electrons. The van der Waals surface area contributed by atoms with E-state index in [0.29, 0.717) is 43.8 Å². The topological polar surface area (TPSA) is 117 Å². The van der Waals surface area contributed by atoms with Crippen LogP contribution in [0.3, 0.4) is 0 Å². The third-order valence-corrected chi connectivity index (χ3v) is 12.2. The second-order valence-corrected chi connectivity index (χ2v) is 15.5. The number of aliphatic hydroxyl groups excluding tert-OH is 1. The van der Waals surface area contributed by atoms with Crippen LogP contribution in [0, 0.1) is 17.8 Å². The second kappa shape index (κ2) is 16.0. The molecule has 6 rings (SSSR count). The van der Waals surface area contributed by atoms with Crippen molar-refractivity contribution in [2.75, 3.05) is 37.2 Å². The number of nitrogens with one attached hydrogen (secondary N) is 2. The minimum absolute atomic E-state index is 0.000910. The van der Waals surface area contributed by atoms with Crippen molar-refractivity contribution < 1.29 is 41.4 Å². The lowest BCUT2D eigenvalue weighted by atomic mass is 9.63. The van der Waals surface area contributed by atoms with Crippen LogP contribution in [0.5, 0.6) is 0 Å². The molecule has 290 valence electrons. The van der Waals surface area contributed by atoms with Gasteiger partial charge in [0.2, 0.25) is 5.91 Å². The van der Waals surface area contributed by atoms with E-state index in [0.717, 1.165) is 81.8 Å². The molecular weight excluding hydrogens is 695 g/mol. The van der Waals surface area contributed by atoms with E-state index in [-0.39, 0.29) is 35.3 Å². The number of carbonyl (C=O) groups excluding carboxylic acids is 2. The molecule has 2 amide bonds. The van der Waals surface area contributed by atoms with Crippen molar-refractivity contribution in [1.29, 1.82) is 0 Å². The average Bonchev–Trinajstić information content (AvgIpc) is 3.14. The number of halogens is 5. The molecule has 3 aliphatic heterocycles. The largest absolute Gasteiger partial charge is 0.418 e. The van der Waals surface area contributed by atoms with Crippen LogP contribution >= 0.6 is 0 Å². The highest BCUT2D eigenvalue weighted by Crippen LogP contribution is 2.49. The molecule has 3 heterocycles. The van der Waals surface area contributed by atoms with Gasteiger partial charge < -0.3 is 31.1 Å². The van der Waals surface area contributed by atoms with Crippen LogP contribution in [0.1, 0.15) is 92.9 Å². The number of hydrogen-bond acceptors (Lipinski definition) is 6. The number of aliphatic hydroxyl groups is 1. The molecule has 2 atom stereocenters.